The lowest BCUT2D eigenvalue weighted by atomic mass is 10.2. The van der Waals surface area contributed by atoms with Crippen molar-refractivity contribution in [1.29, 1.82) is 0 Å². The minimum Gasteiger partial charge on any atom is -0.330 e. The summed E-state index contributed by atoms with van der Waals surface area (Å²) in [6, 6.07) is 0. The smallest absolute Gasteiger partial charge is 0.330 e. The molecule has 1 N–H and O–H groups in total. The number of rotatable bonds is 8. The number of imide groups is 2. The fraction of sp³-hybridized carbons (Fsp3) is 0.643. The van der Waals surface area contributed by atoms with Crippen LogP contribution in [0.15, 0.2) is 0 Å². The van der Waals surface area contributed by atoms with Gasteiger partial charge in [0.25, 0.3) is 21.9 Å². The zero-order chi connectivity index (χ0) is 19.5. The van der Waals surface area contributed by atoms with Gasteiger partial charge in [-0.1, -0.05) is 6.42 Å². The molecule has 26 heavy (non-hydrogen) atoms. The standard InChI is InChI=1S/C14H18N2O9S/c17-10-5-6-11(18)15(10)7-3-1-2-4-13(20)25-16-12(19)8-9(14(16)21)26(22,23)24/h9H,1-8H2,(H,22,23,24). The molecule has 11 nitrogen and oxygen atoms in total. The first-order valence-electron chi connectivity index (χ1n) is 7.98. The Bertz CT molecular complexity index is 730. The van der Waals surface area contributed by atoms with Crippen LogP contribution in [-0.4, -0.2) is 64.3 Å². The molecule has 0 aliphatic carbocycles. The molecule has 2 aliphatic rings. The van der Waals surface area contributed by atoms with Gasteiger partial charge in [-0.2, -0.15) is 8.42 Å². The summed E-state index contributed by atoms with van der Waals surface area (Å²) in [5.74, 6) is -3.67. The molecule has 0 spiro atoms. The number of hydrogen-bond acceptors (Lipinski definition) is 8. The third kappa shape index (κ3) is 4.64. The third-order valence-electron chi connectivity index (χ3n) is 4.03. The summed E-state index contributed by atoms with van der Waals surface area (Å²) < 4.78 is 30.8. The zero-order valence-electron chi connectivity index (χ0n) is 13.8. The van der Waals surface area contributed by atoms with Crippen LogP contribution in [0, 0.1) is 0 Å². The van der Waals surface area contributed by atoms with Crippen molar-refractivity contribution in [2.45, 2.75) is 50.2 Å². The van der Waals surface area contributed by atoms with E-state index >= 15 is 0 Å². The molecule has 2 heterocycles. The van der Waals surface area contributed by atoms with Crippen molar-refractivity contribution in [3.63, 3.8) is 0 Å². The van der Waals surface area contributed by atoms with Gasteiger partial charge in [0.1, 0.15) is 0 Å². The molecule has 0 aromatic carbocycles. The highest BCUT2D eigenvalue weighted by molar-refractivity contribution is 7.87. The van der Waals surface area contributed by atoms with Crippen LogP contribution in [-0.2, 0) is 38.9 Å². The number of likely N-dealkylation sites (tertiary alicyclic amines) is 1. The molecule has 0 saturated carbocycles. The van der Waals surface area contributed by atoms with Crippen LogP contribution in [0.4, 0.5) is 0 Å². The first kappa shape index (κ1) is 20.0. The van der Waals surface area contributed by atoms with Gasteiger partial charge in [-0.15, -0.1) is 5.06 Å². The fourth-order valence-electron chi connectivity index (χ4n) is 2.65. The highest BCUT2D eigenvalue weighted by atomic mass is 32.2. The Kier molecular flexibility index (Phi) is 6.08. The monoisotopic (exact) mass is 390 g/mol. The quantitative estimate of drug-likeness (QED) is 0.317. The SMILES string of the molecule is O=C(CCCCCN1C(=O)CCC1=O)ON1C(=O)CC(S(=O)(=O)O)C1=O. The molecule has 1 unspecified atom stereocenters. The number of unbranched alkanes of at least 4 members (excludes halogenated alkanes) is 2. The van der Waals surface area contributed by atoms with Crippen molar-refractivity contribution >= 4 is 39.7 Å². The molecule has 2 rings (SSSR count). The lowest BCUT2D eigenvalue weighted by Crippen LogP contribution is -2.36. The molecule has 4 amide bonds. The Morgan fingerprint density at radius 3 is 2.19 bits per heavy atom. The Hall–Kier alpha value is -2.34. The first-order chi connectivity index (χ1) is 12.1. The van der Waals surface area contributed by atoms with E-state index in [0.29, 0.717) is 19.3 Å². The van der Waals surface area contributed by atoms with Gasteiger partial charge in [-0.05, 0) is 12.8 Å². The molecule has 2 saturated heterocycles. The average molecular weight is 390 g/mol. The molecule has 12 heteroatoms. The summed E-state index contributed by atoms with van der Waals surface area (Å²) in [4.78, 5) is 63.5. The Morgan fingerprint density at radius 1 is 1.04 bits per heavy atom. The van der Waals surface area contributed by atoms with Crippen molar-refractivity contribution in [2.75, 3.05) is 6.54 Å². The largest absolute Gasteiger partial charge is 0.333 e. The number of hydrogen-bond donors (Lipinski definition) is 1. The van der Waals surface area contributed by atoms with E-state index < -0.39 is 39.6 Å². The van der Waals surface area contributed by atoms with Crippen molar-refractivity contribution < 1.29 is 41.8 Å². The Labute approximate surface area is 148 Å². The number of hydroxylamine groups is 2. The van der Waals surface area contributed by atoms with E-state index in [1.807, 2.05) is 0 Å². The molecule has 2 aliphatic heterocycles. The lowest BCUT2D eigenvalue weighted by Gasteiger charge is -2.14. The summed E-state index contributed by atoms with van der Waals surface area (Å²) in [5.41, 5.74) is 0. The second kappa shape index (κ2) is 7.91. The number of nitrogens with zero attached hydrogens (tertiary/aromatic N) is 2. The average Bonchev–Trinajstić information content (AvgIpc) is 3.01. The Morgan fingerprint density at radius 2 is 1.65 bits per heavy atom. The minimum atomic E-state index is -4.76. The summed E-state index contributed by atoms with van der Waals surface area (Å²) in [5, 5.41) is -1.90. The predicted molar refractivity (Wildman–Crippen MR) is 82.3 cm³/mol. The van der Waals surface area contributed by atoms with Crippen LogP contribution in [0.2, 0.25) is 0 Å². The van der Waals surface area contributed by atoms with Crippen LogP contribution in [0.3, 0.4) is 0 Å². The molecule has 0 aromatic heterocycles. The lowest BCUT2D eigenvalue weighted by molar-refractivity contribution is -0.197. The molecule has 1 atom stereocenters. The van der Waals surface area contributed by atoms with E-state index in [0.717, 1.165) is 0 Å². The van der Waals surface area contributed by atoms with Crippen LogP contribution < -0.4 is 0 Å². The van der Waals surface area contributed by atoms with Gasteiger partial charge in [-0.3, -0.25) is 28.6 Å². The minimum absolute atomic E-state index is 0.0579. The normalized spacial score (nSPS) is 21.0. The van der Waals surface area contributed by atoms with Crippen molar-refractivity contribution in [3.05, 3.63) is 0 Å². The second-order valence-electron chi connectivity index (χ2n) is 5.95. The maximum absolute atomic E-state index is 11.7. The van der Waals surface area contributed by atoms with Crippen molar-refractivity contribution in [1.82, 2.24) is 9.96 Å². The van der Waals surface area contributed by atoms with Crippen LogP contribution >= 0.6 is 0 Å². The zero-order valence-corrected chi connectivity index (χ0v) is 14.6. The van der Waals surface area contributed by atoms with Gasteiger partial charge >= 0.3 is 5.97 Å². The van der Waals surface area contributed by atoms with E-state index in [2.05, 4.69) is 4.84 Å². The van der Waals surface area contributed by atoms with Gasteiger partial charge in [-0.25, -0.2) is 4.79 Å². The van der Waals surface area contributed by atoms with E-state index in [9.17, 15) is 32.4 Å². The van der Waals surface area contributed by atoms with E-state index in [4.69, 9.17) is 4.55 Å². The molecule has 0 aromatic rings. The van der Waals surface area contributed by atoms with Crippen molar-refractivity contribution in [3.8, 4) is 0 Å². The molecule has 144 valence electrons. The highest BCUT2D eigenvalue weighted by Crippen LogP contribution is 2.20. The second-order valence-corrected chi connectivity index (χ2v) is 7.55. The molecular weight excluding hydrogens is 372 g/mol. The van der Waals surface area contributed by atoms with Crippen LogP contribution in [0.1, 0.15) is 44.9 Å². The van der Waals surface area contributed by atoms with Gasteiger partial charge < -0.3 is 4.84 Å². The summed E-state index contributed by atoms with van der Waals surface area (Å²) in [7, 11) is -4.76. The maximum atomic E-state index is 11.7. The Balaban J connectivity index is 1.70. The van der Waals surface area contributed by atoms with Gasteiger partial charge in [0.05, 0.1) is 6.42 Å². The maximum Gasteiger partial charge on any atom is 0.333 e. The summed E-state index contributed by atoms with van der Waals surface area (Å²) in [6.07, 6.45) is 0.825. The molecular formula is C14H18N2O9S. The number of carbonyl (C=O) groups excluding carboxylic acids is 5. The fourth-order valence-corrected chi connectivity index (χ4v) is 3.35. The molecule has 0 bridgehead atoms. The molecule has 0 radical (unpaired) electrons. The van der Waals surface area contributed by atoms with Gasteiger partial charge in [0.2, 0.25) is 11.8 Å². The summed E-state index contributed by atoms with van der Waals surface area (Å²) >= 11 is 0. The van der Waals surface area contributed by atoms with E-state index in [-0.39, 0.29) is 42.7 Å². The first-order valence-corrected chi connectivity index (χ1v) is 9.48. The van der Waals surface area contributed by atoms with E-state index in [1.54, 1.807) is 0 Å². The van der Waals surface area contributed by atoms with Gasteiger partial charge in [0.15, 0.2) is 5.25 Å². The number of amides is 4. The van der Waals surface area contributed by atoms with E-state index in [1.165, 1.54) is 4.90 Å². The topological polar surface area (TPSA) is 155 Å². The van der Waals surface area contributed by atoms with Crippen molar-refractivity contribution in [2.24, 2.45) is 0 Å². The van der Waals surface area contributed by atoms with Gasteiger partial charge in [0, 0.05) is 25.8 Å². The van der Waals surface area contributed by atoms with Crippen LogP contribution in [0.25, 0.3) is 0 Å². The molecule has 2 fully saturated rings. The van der Waals surface area contributed by atoms with Crippen LogP contribution in [0.5, 0.6) is 0 Å². The number of carbonyl (C=O) groups is 5. The summed E-state index contributed by atoms with van der Waals surface area (Å²) in [6.45, 7) is 0.270. The highest BCUT2D eigenvalue weighted by Gasteiger charge is 2.48. The predicted octanol–water partition coefficient (Wildman–Crippen LogP) is -0.831. The third-order valence-corrected chi connectivity index (χ3v) is 5.12.